The highest BCUT2D eigenvalue weighted by atomic mass is 19.1. The van der Waals surface area contributed by atoms with Crippen LogP contribution in [0.15, 0.2) is 42.6 Å². The van der Waals surface area contributed by atoms with Gasteiger partial charge >= 0.3 is 12.1 Å². The first-order chi connectivity index (χ1) is 28.9. The Bertz CT molecular complexity index is 1760. The number of nitrogens with zero attached hydrogens (tertiary/aromatic N) is 4. The number of allylic oxidation sites excluding steroid dienone is 2. The lowest BCUT2D eigenvalue weighted by atomic mass is 9.82. The Morgan fingerprint density at radius 2 is 1.89 bits per heavy atom. The SMILES string of the molecule is C/C=C(/C)OC(=O)N(CCCCN1/C=C(/c2cccnc2)NC#CCC1)[C@H]1CCOC(=O)[C@@](C)(F)C(=O)[C@H](C)[C@@H](O[C@@H]2O[C@H](C)C[C@H](N(C)C)C[C@H]2O)CC[C@@H](C)C(=O)[C@@H]1C. The van der Waals surface area contributed by atoms with Crippen LogP contribution in [-0.4, -0.2) is 131 Å². The zero-order valence-corrected chi connectivity index (χ0v) is 37.5. The first kappa shape index (κ1) is 49.3. The lowest BCUT2D eigenvalue weighted by molar-refractivity contribution is -0.235. The van der Waals surface area contributed by atoms with E-state index >= 15 is 4.39 Å². The van der Waals surface area contributed by atoms with Crippen molar-refractivity contribution in [1.82, 2.24) is 25.0 Å². The minimum Gasteiger partial charge on any atom is -0.463 e. The van der Waals surface area contributed by atoms with Crippen molar-refractivity contribution in [3.8, 4) is 12.0 Å². The van der Waals surface area contributed by atoms with Gasteiger partial charge in [0.05, 0.1) is 24.5 Å². The lowest BCUT2D eigenvalue weighted by Crippen LogP contribution is -2.50. The minimum atomic E-state index is -3.03. The molecule has 2 saturated heterocycles. The topological polar surface area (TPSA) is 160 Å². The van der Waals surface area contributed by atoms with E-state index in [-0.39, 0.29) is 50.3 Å². The number of pyridine rings is 1. The molecule has 0 aliphatic carbocycles. The second kappa shape index (κ2) is 23.2. The first-order valence-corrected chi connectivity index (χ1v) is 21.8. The third kappa shape index (κ3) is 13.8. The number of alkyl halides is 1. The van der Waals surface area contributed by atoms with Crippen molar-refractivity contribution in [2.24, 2.45) is 17.8 Å². The van der Waals surface area contributed by atoms with E-state index in [1.54, 1.807) is 46.2 Å². The smallest absolute Gasteiger partial charge is 0.415 e. The normalized spacial score (nSPS) is 32.1. The van der Waals surface area contributed by atoms with Crippen LogP contribution in [0.2, 0.25) is 0 Å². The molecule has 0 bridgehead atoms. The van der Waals surface area contributed by atoms with E-state index in [0.29, 0.717) is 51.0 Å². The summed E-state index contributed by atoms with van der Waals surface area (Å²) in [4.78, 5) is 65.4. The fourth-order valence-electron chi connectivity index (χ4n) is 8.12. The van der Waals surface area contributed by atoms with Gasteiger partial charge in [-0.1, -0.05) is 26.7 Å². The Labute approximate surface area is 361 Å². The number of cyclic esters (lactones) is 1. The number of ether oxygens (including phenoxy) is 4. The molecule has 0 radical (unpaired) electrons. The lowest BCUT2D eigenvalue weighted by Gasteiger charge is -2.37. The van der Waals surface area contributed by atoms with Crippen molar-refractivity contribution in [3.63, 3.8) is 0 Å². The molecule has 0 spiro atoms. The quantitative estimate of drug-likeness (QED) is 0.0899. The standard InChI is InChI=1S/C46H68FN5O9/c1-10-31(3)60-45(57)52(24-14-13-23-51-22-12-11-21-49-37(29-51)35-16-15-20-48-28-35)38-19-25-58-44(56)46(7,47)42(55)34(6)40(18-17-30(2)41(54)33(38)5)61-43-39(53)27-36(50(8)9)26-32(4)59-43/h10,15-16,20,28-30,32-34,36,38-40,43,49,53H,12-14,17-19,22-27H2,1-9H3/b31-10-,37-29-/t30-,32-,33-,34-,36+,38+,39-,40+,43+,46+/m1/s1. The van der Waals surface area contributed by atoms with Gasteiger partial charge in [0.1, 0.15) is 17.6 Å². The molecule has 10 atom stereocenters. The molecule has 0 aromatic carbocycles. The summed E-state index contributed by atoms with van der Waals surface area (Å²) in [5.41, 5.74) is -1.31. The molecule has 0 saturated carbocycles. The number of unbranched alkanes of at least 4 members (excludes halogenated alkanes) is 1. The van der Waals surface area contributed by atoms with Crippen LogP contribution in [0.5, 0.6) is 0 Å². The molecule has 61 heavy (non-hydrogen) atoms. The number of halogens is 1. The van der Waals surface area contributed by atoms with Gasteiger partial charge in [0.2, 0.25) is 0 Å². The van der Waals surface area contributed by atoms with E-state index in [4.69, 9.17) is 18.9 Å². The number of ketones is 2. The Hall–Kier alpha value is -4.36. The molecule has 2 fully saturated rings. The maximum Gasteiger partial charge on any atom is 0.415 e. The number of hydrogen-bond donors (Lipinski definition) is 2. The Balaban J connectivity index is 1.57. The van der Waals surface area contributed by atoms with Crippen LogP contribution in [0.1, 0.15) is 105 Å². The number of nitrogens with one attached hydrogen (secondary N) is 1. The number of amides is 1. The predicted molar refractivity (Wildman–Crippen MR) is 229 cm³/mol. The van der Waals surface area contributed by atoms with Crippen molar-refractivity contribution < 1.29 is 47.6 Å². The van der Waals surface area contributed by atoms with Gasteiger partial charge in [0.25, 0.3) is 5.67 Å². The molecular formula is C46H68FN5O9. The summed E-state index contributed by atoms with van der Waals surface area (Å²) < 4.78 is 40.0. The minimum absolute atomic E-state index is 0.00236. The molecule has 4 rings (SSSR count). The number of rotatable bonds is 11. The van der Waals surface area contributed by atoms with Crippen molar-refractivity contribution >= 4 is 29.3 Å². The van der Waals surface area contributed by atoms with Gasteiger partial charge in [-0.3, -0.25) is 14.6 Å². The van der Waals surface area contributed by atoms with E-state index in [0.717, 1.165) is 18.2 Å². The molecule has 3 aliphatic heterocycles. The summed E-state index contributed by atoms with van der Waals surface area (Å²) in [6.45, 7) is 12.4. The van der Waals surface area contributed by atoms with Crippen LogP contribution in [0, 0.1) is 29.7 Å². The number of esters is 1. The molecule has 1 aromatic heterocycles. The highest BCUT2D eigenvalue weighted by molar-refractivity contribution is 6.07. The van der Waals surface area contributed by atoms with Crippen LogP contribution in [0.3, 0.4) is 0 Å². The number of aromatic nitrogens is 1. The van der Waals surface area contributed by atoms with Gasteiger partial charge in [-0.25, -0.2) is 14.0 Å². The van der Waals surface area contributed by atoms with E-state index in [2.05, 4.69) is 27.2 Å². The van der Waals surface area contributed by atoms with Crippen molar-refractivity contribution in [1.29, 1.82) is 0 Å². The molecule has 15 heteroatoms. The average Bonchev–Trinajstić information content (AvgIpc) is 3.36. The van der Waals surface area contributed by atoms with Gasteiger partial charge < -0.3 is 44.1 Å². The molecule has 2 N–H and O–H groups in total. The molecule has 14 nitrogen and oxygen atoms in total. The summed E-state index contributed by atoms with van der Waals surface area (Å²) in [7, 11) is 3.84. The van der Waals surface area contributed by atoms with Gasteiger partial charge in [-0.15, -0.1) is 0 Å². The zero-order chi connectivity index (χ0) is 44.9. The third-order valence-corrected chi connectivity index (χ3v) is 12.2. The largest absolute Gasteiger partial charge is 0.463 e. The maximum atomic E-state index is 16.4. The average molecular weight is 854 g/mol. The van der Waals surface area contributed by atoms with E-state index in [9.17, 15) is 24.3 Å². The highest BCUT2D eigenvalue weighted by Crippen LogP contribution is 2.32. The second-order valence-electron chi connectivity index (χ2n) is 17.1. The third-order valence-electron chi connectivity index (χ3n) is 12.2. The fourth-order valence-corrected chi connectivity index (χ4v) is 8.12. The number of aliphatic hydroxyl groups is 1. The molecule has 0 unspecified atom stereocenters. The summed E-state index contributed by atoms with van der Waals surface area (Å²) in [5, 5.41) is 14.4. The van der Waals surface area contributed by atoms with Gasteiger partial charge in [0, 0.05) is 92.5 Å². The van der Waals surface area contributed by atoms with Crippen molar-refractivity contribution in [2.45, 2.75) is 142 Å². The van der Waals surface area contributed by atoms with E-state index in [1.165, 1.54) is 11.8 Å². The first-order valence-electron chi connectivity index (χ1n) is 21.8. The Kier molecular flexibility index (Phi) is 18.7. The van der Waals surface area contributed by atoms with Crippen LogP contribution in [-0.2, 0) is 33.3 Å². The van der Waals surface area contributed by atoms with Gasteiger partial charge in [0.15, 0.2) is 12.1 Å². The number of carbonyl (C=O) groups excluding carboxylic acids is 4. The van der Waals surface area contributed by atoms with Gasteiger partial charge in [-0.05, 0) is 98.5 Å². The summed E-state index contributed by atoms with van der Waals surface area (Å²) in [6, 6.07) is 6.01. The maximum absolute atomic E-state index is 16.4. The van der Waals surface area contributed by atoms with Crippen LogP contribution >= 0.6 is 0 Å². The molecule has 1 amide bonds. The Morgan fingerprint density at radius 3 is 2.57 bits per heavy atom. The highest BCUT2D eigenvalue weighted by Gasteiger charge is 2.49. The van der Waals surface area contributed by atoms with Crippen LogP contribution < -0.4 is 5.32 Å². The number of aliphatic hydroxyl groups excluding tert-OH is 1. The predicted octanol–water partition coefficient (Wildman–Crippen LogP) is 5.85. The molecular weight excluding hydrogens is 786 g/mol. The molecule has 1 aromatic rings. The van der Waals surface area contributed by atoms with Crippen LogP contribution in [0.25, 0.3) is 5.70 Å². The molecule has 3 aliphatic rings. The van der Waals surface area contributed by atoms with Crippen molar-refractivity contribution in [3.05, 3.63) is 48.1 Å². The number of carbonyl (C=O) groups is 4. The number of Topliss-reactive ketones (excluding diaryl/α,β-unsaturated/α-hetero) is 2. The summed E-state index contributed by atoms with van der Waals surface area (Å²) in [6.07, 6.45) is 6.24. The van der Waals surface area contributed by atoms with Crippen LogP contribution in [0.4, 0.5) is 9.18 Å². The van der Waals surface area contributed by atoms with Gasteiger partial charge in [-0.2, -0.15) is 0 Å². The van der Waals surface area contributed by atoms with Crippen molar-refractivity contribution in [2.75, 3.05) is 40.3 Å². The van der Waals surface area contributed by atoms with E-state index in [1.807, 2.05) is 44.3 Å². The fraction of sp³-hybridized carbons (Fsp3) is 0.674. The number of hydrogen-bond acceptors (Lipinski definition) is 13. The second-order valence-corrected chi connectivity index (χ2v) is 17.1. The molecule has 4 heterocycles. The Morgan fingerprint density at radius 1 is 1.13 bits per heavy atom. The molecule has 338 valence electrons. The summed E-state index contributed by atoms with van der Waals surface area (Å²) in [5.74, 6) is -1.52. The zero-order valence-electron chi connectivity index (χ0n) is 37.5. The summed E-state index contributed by atoms with van der Waals surface area (Å²) >= 11 is 0. The monoisotopic (exact) mass is 854 g/mol. The van der Waals surface area contributed by atoms with E-state index < -0.39 is 65.8 Å².